The van der Waals surface area contributed by atoms with Crippen molar-refractivity contribution in [1.29, 1.82) is 0 Å². The van der Waals surface area contributed by atoms with Gasteiger partial charge in [-0.25, -0.2) is 9.97 Å². The molecule has 0 unspecified atom stereocenters. The molecule has 3 heterocycles. The monoisotopic (exact) mass is 354 g/mol. The Morgan fingerprint density at radius 3 is 2.84 bits per heavy atom. The number of alkyl halides is 3. The molecule has 0 spiro atoms. The van der Waals surface area contributed by atoms with Gasteiger partial charge in [-0.05, 0) is 6.07 Å². The van der Waals surface area contributed by atoms with Crippen molar-refractivity contribution in [1.82, 2.24) is 19.7 Å². The lowest BCUT2D eigenvalue weighted by atomic mass is 10.1. The molecule has 3 rings (SSSR count). The van der Waals surface area contributed by atoms with E-state index < -0.39 is 17.6 Å². The number of nitrogens with zero attached hydrogens (tertiary/aromatic N) is 3. The van der Waals surface area contributed by atoms with E-state index in [0.717, 1.165) is 23.1 Å². The van der Waals surface area contributed by atoms with E-state index in [0.29, 0.717) is 0 Å². The first-order valence-electron chi connectivity index (χ1n) is 7.16. The smallest absolute Gasteiger partial charge is 0.417 e. The van der Waals surface area contributed by atoms with Crippen molar-refractivity contribution in [3.63, 3.8) is 0 Å². The van der Waals surface area contributed by atoms with Gasteiger partial charge in [0, 0.05) is 19.9 Å². The lowest BCUT2D eigenvalue weighted by Crippen LogP contribution is -2.28. The van der Waals surface area contributed by atoms with Gasteiger partial charge in [0.25, 0.3) is 5.91 Å². The Hall–Kier alpha value is -2.88. The minimum atomic E-state index is -4.60. The zero-order valence-electron chi connectivity index (χ0n) is 13.0. The first-order valence-corrected chi connectivity index (χ1v) is 7.16. The average Bonchev–Trinajstić information content (AvgIpc) is 3.22. The number of ether oxygens (including phenoxy) is 1. The first kappa shape index (κ1) is 17.0. The highest BCUT2D eigenvalue weighted by Gasteiger charge is 2.33. The first-order chi connectivity index (χ1) is 11.9. The van der Waals surface area contributed by atoms with E-state index in [1.807, 2.05) is 0 Å². The van der Waals surface area contributed by atoms with Crippen LogP contribution in [0.25, 0.3) is 17.0 Å². The van der Waals surface area contributed by atoms with Gasteiger partial charge >= 0.3 is 6.18 Å². The molecule has 0 saturated carbocycles. The number of oxazole rings is 1. The number of carbonyl (C=O) groups is 1. The largest absolute Gasteiger partial charge is 0.443 e. The molecule has 3 aromatic rings. The quantitative estimate of drug-likeness (QED) is 0.712. The lowest BCUT2D eigenvalue weighted by molar-refractivity contribution is -0.137. The number of halogens is 3. The van der Waals surface area contributed by atoms with Gasteiger partial charge in [-0.1, -0.05) is 0 Å². The molecule has 0 radical (unpaired) electrons. The molecule has 25 heavy (non-hydrogen) atoms. The second-order valence-corrected chi connectivity index (χ2v) is 5.09. The lowest BCUT2D eigenvalue weighted by Gasteiger charge is -2.11. The summed E-state index contributed by atoms with van der Waals surface area (Å²) in [6.45, 7) is 0.496. The van der Waals surface area contributed by atoms with Crippen molar-refractivity contribution in [3.8, 4) is 11.3 Å². The van der Waals surface area contributed by atoms with E-state index in [1.54, 1.807) is 0 Å². The molecule has 1 N–H and O–H groups in total. The standard InChI is InChI=1S/C15H13F3N4O3/c1-24-3-2-20-14(23)11-5-21-13-10(12-6-19-8-25-12)4-9(7-22(11)13)15(16,17)18/h4-8H,2-3H2,1H3,(H,20,23). The normalized spacial score (nSPS) is 11.8. The van der Waals surface area contributed by atoms with Gasteiger partial charge in [-0.2, -0.15) is 13.2 Å². The Morgan fingerprint density at radius 2 is 2.20 bits per heavy atom. The summed E-state index contributed by atoms with van der Waals surface area (Å²) in [5, 5.41) is 2.55. The van der Waals surface area contributed by atoms with Crippen molar-refractivity contribution in [2.45, 2.75) is 6.18 Å². The molecule has 0 bridgehead atoms. The van der Waals surface area contributed by atoms with Crippen LogP contribution in [-0.4, -0.2) is 40.5 Å². The minimum Gasteiger partial charge on any atom is -0.443 e. The summed E-state index contributed by atoms with van der Waals surface area (Å²) >= 11 is 0. The minimum absolute atomic E-state index is 0.0297. The van der Waals surface area contributed by atoms with E-state index in [2.05, 4.69) is 15.3 Å². The van der Waals surface area contributed by atoms with Gasteiger partial charge in [0.15, 0.2) is 12.2 Å². The summed E-state index contributed by atoms with van der Waals surface area (Å²) in [5.41, 5.74) is -0.724. The van der Waals surface area contributed by atoms with Crippen molar-refractivity contribution in [2.75, 3.05) is 20.3 Å². The summed E-state index contributed by atoms with van der Waals surface area (Å²) in [5.74, 6) is -0.444. The number of nitrogens with one attached hydrogen (secondary N) is 1. The maximum absolute atomic E-state index is 13.2. The van der Waals surface area contributed by atoms with Crippen molar-refractivity contribution < 1.29 is 27.1 Å². The van der Waals surface area contributed by atoms with E-state index >= 15 is 0 Å². The van der Waals surface area contributed by atoms with E-state index in [9.17, 15) is 18.0 Å². The molecule has 7 nitrogen and oxygen atoms in total. The number of methoxy groups -OCH3 is 1. The third kappa shape index (κ3) is 3.33. The molecule has 132 valence electrons. The van der Waals surface area contributed by atoms with E-state index in [1.165, 1.54) is 19.5 Å². The Labute approximate surface area is 139 Å². The molecule has 0 aromatic carbocycles. The zero-order chi connectivity index (χ0) is 18.0. The molecule has 10 heteroatoms. The van der Waals surface area contributed by atoms with Crippen LogP contribution in [0.3, 0.4) is 0 Å². The summed E-state index contributed by atoms with van der Waals surface area (Å²) in [6, 6.07) is 0.912. The van der Waals surface area contributed by atoms with Crippen LogP contribution in [0.5, 0.6) is 0 Å². The average molecular weight is 354 g/mol. The number of amides is 1. The molecule has 1 amide bonds. The van der Waals surface area contributed by atoms with Crippen LogP contribution in [0.1, 0.15) is 16.1 Å². The van der Waals surface area contributed by atoms with Gasteiger partial charge in [-0.15, -0.1) is 0 Å². The SMILES string of the molecule is COCCNC(=O)c1cnc2c(-c3cnco3)cc(C(F)(F)F)cn12. The number of carbonyl (C=O) groups excluding carboxylic acids is 1. The molecule has 3 aromatic heterocycles. The molecule has 0 saturated heterocycles. The maximum Gasteiger partial charge on any atom is 0.417 e. The van der Waals surface area contributed by atoms with Crippen LogP contribution < -0.4 is 5.32 Å². The number of aromatic nitrogens is 3. The predicted molar refractivity (Wildman–Crippen MR) is 79.9 cm³/mol. The van der Waals surface area contributed by atoms with Crippen LogP contribution >= 0.6 is 0 Å². The number of fused-ring (bicyclic) bond motifs is 1. The molecule has 0 aliphatic rings. The van der Waals surface area contributed by atoms with Crippen LogP contribution in [0.4, 0.5) is 13.2 Å². The van der Waals surface area contributed by atoms with Crippen molar-refractivity contribution >= 4 is 11.6 Å². The third-order valence-electron chi connectivity index (χ3n) is 3.46. The molecule has 0 aliphatic carbocycles. The number of imidazole rings is 1. The highest BCUT2D eigenvalue weighted by molar-refractivity contribution is 5.94. The van der Waals surface area contributed by atoms with E-state index in [-0.39, 0.29) is 35.8 Å². The van der Waals surface area contributed by atoms with Gasteiger partial charge in [0.05, 0.1) is 30.1 Å². The van der Waals surface area contributed by atoms with Crippen LogP contribution in [0, 0.1) is 0 Å². The Balaban J connectivity index is 2.12. The third-order valence-corrected chi connectivity index (χ3v) is 3.46. The fourth-order valence-corrected chi connectivity index (χ4v) is 2.30. The van der Waals surface area contributed by atoms with Gasteiger partial charge < -0.3 is 14.5 Å². The fraction of sp³-hybridized carbons (Fsp3) is 0.267. The molecular weight excluding hydrogens is 341 g/mol. The van der Waals surface area contributed by atoms with Crippen molar-refractivity contribution in [2.24, 2.45) is 0 Å². The molecule has 0 aliphatic heterocycles. The fourth-order valence-electron chi connectivity index (χ4n) is 2.30. The highest BCUT2D eigenvalue weighted by atomic mass is 19.4. The van der Waals surface area contributed by atoms with Gasteiger partial charge in [0.2, 0.25) is 0 Å². The summed E-state index contributed by atoms with van der Waals surface area (Å²) in [7, 11) is 1.47. The Bertz CT molecular complexity index is 887. The summed E-state index contributed by atoms with van der Waals surface area (Å²) < 4.78 is 50.7. The maximum atomic E-state index is 13.2. The summed E-state index contributed by atoms with van der Waals surface area (Å²) in [4.78, 5) is 20.0. The van der Waals surface area contributed by atoms with Crippen molar-refractivity contribution in [3.05, 3.63) is 42.3 Å². The highest BCUT2D eigenvalue weighted by Crippen LogP contribution is 2.34. The van der Waals surface area contributed by atoms with Crippen LogP contribution in [-0.2, 0) is 10.9 Å². The van der Waals surface area contributed by atoms with Crippen LogP contribution in [0.15, 0.2) is 35.5 Å². The Kier molecular flexibility index (Phi) is 4.45. The zero-order valence-corrected chi connectivity index (χ0v) is 13.0. The molecule has 0 fully saturated rings. The molecular formula is C15H13F3N4O3. The second-order valence-electron chi connectivity index (χ2n) is 5.09. The number of rotatable bonds is 5. The second kappa shape index (κ2) is 6.55. The van der Waals surface area contributed by atoms with Gasteiger partial charge in [-0.3, -0.25) is 9.20 Å². The van der Waals surface area contributed by atoms with Crippen LogP contribution in [0.2, 0.25) is 0 Å². The number of hydrogen-bond donors (Lipinski definition) is 1. The number of hydrogen-bond acceptors (Lipinski definition) is 5. The molecule has 0 atom stereocenters. The van der Waals surface area contributed by atoms with Gasteiger partial charge in [0.1, 0.15) is 11.3 Å². The topological polar surface area (TPSA) is 81.7 Å². The van der Waals surface area contributed by atoms with E-state index in [4.69, 9.17) is 9.15 Å². The summed E-state index contributed by atoms with van der Waals surface area (Å²) in [6.07, 6.45) is -0.183. The number of pyridine rings is 1. The Morgan fingerprint density at radius 1 is 1.40 bits per heavy atom. The predicted octanol–water partition coefficient (Wildman–Crippen LogP) is 2.38.